The summed E-state index contributed by atoms with van der Waals surface area (Å²) >= 11 is 0. The van der Waals surface area contributed by atoms with Gasteiger partial charge in [-0.15, -0.1) is 0 Å². The van der Waals surface area contributed by atoms with E-state index in [1.54, 1.807) is 48.5 Å². The summed E-state index contributed by atoms with van der Waals surface area (Å²) < 4.78 is 0. The first-order valence-corrected chi connectivity index (χ1v) is 6.00. The van der Waals surface area contributed by atoms with Gasteiger partial charge in [-0.05, 0) is 38.1 Å². The van der Waals surface area contributed by atoms with Gasteiger partial charge in [-0.3, -0.25) is 0 Å². The summed E-state index contributed by atoms with van der Waals surface area (Å²) in [7, 11) is 0. The molecule has 0 radical (unpaired) electrons. The first kappa shape index (κ1) is 19.3. The van der Waals surface area contributed by atoms with Crippen molar-refractivity contribution in [2.75, 3.05) is 0 Å². The third kappa shape index (κ3) is 7.03. The van der Waals surface area contributed by atoms with Gasteiger partial charge >= 0.3 is 11.9 Å². The largest absolute Gasteiger partial charge is 0.478 e. The minimum absolute atomic E-state index is 0. The fraction of sp³-hybridized carbons (Fsp3) is 0.125. The maximum Gasteiger partial charge on any atom is 0.335 e. The van der Waals surface area contributed by atoms with Crippen LogP contribution < -0.4 is 0 Å². The average Bonchev–Trinajstić information content (AvgIpc) is 2.40. The summed E-state index contributed by atoms with van der Waals surface area (Å²) in [6.45, 7) is 3.84. The Bertz CT molecular complexity index is 533. The smallest absolute Gasteiger partial charge is 0.335 e. The number of hydrogen-bond donors (Lipinski definition) is 2. The molecule has 0 aliphatic heterocycles. The maximum absolute atomic E-state index is 10.3. The monoisotopic (exact) mass is 386 g/mol. The third-order valence-electron chi connectivity index (χ3n) is 2.60. The molecule has 0 saturated carbocycles. The molecule has 0 unspecified atom stereocenters. The first-order valence-electron chi connectivity index (χ1n) is 6.00. The average molecular weight is 385 g/mol. The normalized spacial score (nSPS) is 8.86. The Morgan fingerprint density at radius 1 is 0.667 bits per heavy atom. The van der Waals surface area contributed by atoms with Crippen LogP contribution in [0.25, 0.3) is 0 Å². The summed E-state index contributed by atoms with van der Waals surface area (Å²) in [4.78, 5) is 20.6. The number of aromatic carboxylic acids is 2. The zero-order valence-corrected chi connectivity index (χ0v) is 16.1. The van der Waals surface area contributed by atoms with Gasteiger partial charge in [0.15, 0.2) is 0 Å². The maximum atomic E-state index is 10.3. The van der Waals surface area contributed by atoms with E-state index < -0.39 is 11.9 Å². The van der Waals surface area contributed by atoms with Crippen LogP contribution in [0.15, 0.2) is 48.5 Å². The van der Waals surface area contributed by atoms with Crippen molar-refractivity contribution in [3.05, 3.63) is 70.8 Å². The van der Waals surface area contributed by atoms with Gasteiger partial charge in [-0.1, -0.05) is 35.4 Å². The molecule has 2 N–H and O–H groups in total. The molecule has 0 amide bonds. The molecule has 2 rings (SSSR count). The van der Waals surface area contributed by atoms with Crippen molar-refractivity contribution in [1.29, 1.82) is 0 Å². The summed E-state index contributed by atoms with van der Waals surface area (Å²) in [6.07, 6.45) is 0. The Morgan fingerprint density at radius 3 is 1.10 bits per heavy atom. The topological polar surface area (TPSA) is 74.6 Å². The summed E-state index contributed by atoms with van der Waals surface area (Å²) in [6, 6.07) is 13.5. The molecule has 0 aliphatic rings. The molecule has 2 aromatic rings. The number of hydrogen-bond acceptors (Lipinski definition) is 2. The molecule has 0 heterocycles. The Hall–Kier alpha value is -1.70. The molecule has 0 aromatic heterocycles. The van der Waals surface area contributed by atoms with Gasteiger partial charge in [-0.2, -0.15) is 0 Å². The van der Waals surface area contributed by atoms with Crippen LogP contribution in [-0.4, -0.2) is 22.2 Å². The van der Waals surface area contributed by atoms with Crippen molar-refractivity contribution in [3.8, 4) is 0 Å². The van der Waals surface area contributed by atoms with E-state index in [-0.39, 0.29) is 27.3 Å². The van der Waals surface area contributed by atoms with Crippen molar-refractivity contribution in [2.24, 2.45) is 0 Å². The second-order valence-corrected chi connectivity index (χ2v) is 4.34. The molecule has 0 fully saturated rings. The van der Waals surface area contributed by atoms with Gasteiger partial charge in [0.1, 0.15) is 0 Å². The van der Waals surface area contributed by atoms with Crippen molar-refractivity contribution < 1.29 is 47.1 Å². The number of benzene rings is 2. The van der Waals surface area contributed by atoms with Gasteiger partial charge in [-0.25, -0.2) is 9.59 Å². The molecule has 0 saturated heterocycles. The van der Waals surface area contributed by atoms with Crippen molar-refractivity contribution in [1.82, 2.24) is 0 Å². The number of carboxylic acid groups (broad SMARTS) is 2. The van der Waals surface area contributed by atoms with Crippen molar-refractivity contribution >= 4 is 11.9 Å². The number of aryl methyl sites for hydroxylation is 2. The fourth-order valence-electron chi connectivity index (χ4n) is 1.39. The van der Waals surface area contributed by atoms with E-state index in [1.165, 1.54) is 0 Å². The van der Waals surface area contributed by atoms with Gasteiger partial charge in [0.2, 0.25) is 0 Å². The molecule has 2 aromatic carbocycles. The van der Waals surface area contributed by atoms with Crippen molar-refractivity contribution in [2.45, 2.75) is 13.8 Å². The summed E-state index contributed by atoms with van der Waals surface area (Å²) in [5.74, 6) is -1.75. The van der Waals surface area contributed by atoms with Crippen molar-refractivity contribution in [3.63, 3.8) is 0 Å². The van der Waals surface area contributed by atoms with Crippen LogP contribution in [0, 0.1) is 13.8 Å². The molecule has 0 atom stereocenters. The van der Waals surface area contributed by atoms with Gasteiger partial charge in [0.05, 0.1) is 11.1 Å². The van der Waals surface area contributed by atoms with E-state index in [4.69, 9.17) is 10.2 Å². The van der Waals surface area contributed by atoms with Crippen LogP contribution in [-0.2, 0) is 27.3 Å². The van der Waals surface area contributed by atoms with E-state index >= 15 is 0 Å². The molecular weight excluding hydrogens is 369 g/mol. The summed E-state index contributed by atoms with van der Waals surface area (Å²) in [5.41, 5.74) is 2.83. The molecule has 0 spiro atoms. The van der Waals surface area contributed by atoms with Crippen LogP contribution in [0.3, 0.4) is 0 Å². The number of rotatable bonds is 2. The minimum Gasteiger partial charge on any atom is -0.478 e. The molecule has 21 heavy (non-hydrogen) atoms. The van der Waals surface area contributed by atoms with Gasteiger partial charge in [0.25, 0.3) is 0 Å². The summed E-state index contributed by atoms with van der Waals surface area (Å²) in [5, 5.41) is 17.0. The molecule has 5 heteroatoms. The molecule has 4 nitrogen and oxygen atoms in total. The predicted octanol–water partition coefficient (Wildman–Crippen LogP) is 3.38. The Labute approximate surface area is 143 Å². The van der Waals surface area contributed by atoms with E-state index in [0.717, 1.165) is 11.1 Å². The molecule has 106 valence electrons. The second kappa shape index (κ2) is 9.28. The van der Waals surface area contributed by atoms with E-state index in [9.17, 15) is 9.59 Å². The fourth-order valence-corrected chi connectivity index (χ4v) is 1.39. The Morgan fingerprint density at radius 2 is 0.905 bits per heavy atom. The first-order chi connectivity index (χ1) is 9.40. The molecule has 0 bridgehead atoms. The quantitative estimate of drug-likeness (QED) is 0.778. The Kier molecular flexibility index (Phi) is 8.53. The molecule has 0 aliphatic carbocycles. The van der Waals surface area contributed by atoms with Gasteiger partial charge < -0.3 is 10.2 Å². The van der Waals surface area contributed by atoms with Crippen LogP contribution in [0.5, 0.6) is 0 Å². The molecular formula is C16H16CdO4. The second-order valence-electron chi connectivity index (χ2n) is 4.34. The zero-order chi connectivity index (χ0) is 15.1. The van der Waals surface area contributed by atoms with Crippen LogP contribution in [0.1, 0.15) is 31.8 Å². The standard InChI is InChI=1S/2C8H8O2.Cd/c2*1-6-2-4-7(5-3-6)8(9)10;/h2*2-5H,1H3,(H,9,10);. The van der Waals surface area contributed by atoms with E-state index in [1.807, 2.05) is 13.8 Å². The van der Waals surface area contributed by atoms with Crippen LogP contribution in [0.2, 0.25) is 0 Å². The van der Waals surface area contributed by atoms with E-state index in [2.05, 4.69) is 0 Å². The SMILES string of the molecule is Cc1ccc(C(=O)O)cc1.Cc1ccc(C(=O)O)cc1.[Cd]. The zero-order valence-electron chi connectivity index (χ0n) is 12.0. The third-order valence-corrected chi connectivity index (χ3v) is 2.60. The predicted molar refractivity (Wildman–Crippen MR) is 76.3 cm³/mol. The van der Waals surface area contributed by atoms with Crippen LogP contribution in [0.4, 0.5) is 0 Å². The minimum atomic E-state index is -0.875. The van der Waals surface area contributed by atoms with E-state index in [0.29, 0.717) is 11.1 Å². The van der Waals surface area contributed by atoms with Gasteiger partial charge in [0, 0.05) is 27.3 Å². The number of carbonyl (C=O) groups is 2. The number of carboxylic acids is 2. The van der Waals surface area contributed by atoms with Crippen LogP contribution >= 0.6 is 0 Å². The Balaban J connectivity index is 0.000000364.